The molecule has 0 fully saturated rings. The van der Waals surface area contributed by atoms with E-state index in [4.69, 9.17) is 0 Å². The zero-order valence-electron chi connectivity index (χ0n) is 8.31. The predicted octanol–water partition coefficient (Wildman–Crippen LogP) is 1.31. The van der Waals surface area contributed by atoms with Crippen molar-refractivity contribution in [1.29, 1.82) is 0 Å². The maximum atomic E-state index is 13.3. The van der Waals surface area contributed by atoms with Crippen molar-refractivity contribution in [3.8, 4) is 0 Å². The van der Waals surface area contributed by atoms with Crippen LogP contribution in [0.2, 0.25) is 0 Å². The number of hydrogen-bond acceptors (Lipinski definition) is 3. The standard InChI is InChI=1S/C9H10F2N2O2S/c10-5-6-12-7-13(11)16(14,15)9-4-2-1-3-8(9)12/h1-4H,5-7H2. The van der Waals surface area contributed by atoms with Crippen LogP contribution in [0.1, 0.15) is 0 Å². The zero-order chi connectivity index (χ0) is 11.8. The number of rotatable bonds is 2. The van der Waals surface area contributed by atoms with E-state index in [0.29, 0.717) is 5.69 Å². The fourth-order valence-electron chi connectivity index (χ4n) is 1.62. The molecule has 4 nitrogen and oxygen atoms in total. The lowest BCUT2D eigenvalue weighted by Crippen LogP contribution is -2.43. The van der Waals surface area contributed by atoms with E-state index in [1.165, 1.54) is 23.1 Å². The van der Waals surface area contributed by atoms with E-state index in [2.05, 4.69) is 0 Å². The summed E-state index contributed by atoms with van der Waals surface area (Å²) in [5.74, 6) is 0. The molecule has 0 aromatic heterocycles. The van der Waals surface area contributed by atoms with Crippen LogP contribution in [0.4, 0.5) is 14.6 Å². The molecule has 0 unspecified atom stereocenters. The Bertz CT molecular complexity index is 492. The molecule has 0 spiro atoms. The first-order chi connectivity index (χ1) is 7.57. The van der Waals surface area contributed by atoms with Gasteiger partial charge < -0.3 is 4.90 Å². The minimum Gasteiger partial charge on any atom is -0.351 e. The number of fused-ring (bicyclic) bond motifs is 1. The summed E-state index contributed by atoms with van der Waals surface area (Å²) in [5, 5.41) is 0. The van der Waals surface area contributed by atoms with Crippen molar-refractivity contribution < 1.29 is 17.3 Å². The molecule has 1 aliphatic heterocycles. The second-order valence-corrected chi connectivity index (χ2v) is 5.14. The lowest BCUT2D eigenvalue weighted by atomic mass is 10.3. The molecule has 88 valence electrons. The number of anilines is 1. The predicted molar refractivity (Wildman–Crippen MR) is 54.8 cm³/mol. The van der Waals surface area contributed by atoms with E-state index in [1.54, 1.807) is 6.07 Å². The number of benzene rings is 1. The molecular formula is C9H10F2N2O2S. The highest BCUT2D eigenvalue weighted by Crippen LogP contribution is 2.32. The molecule has 0 aliphatic carbocycles. The van der Waals surface area contributed by atoms with Gasteiger partial charge in [-0.1, -0.05) is 12.1 Å². The molecule has 0 radical (unpaired) electrons. The van der Waals surface area contributed by atoms with E-state index in [0.717, 1.165) is 0 Å². The molecule has 1 heterocycles. The van der Waals surface area contributed by atoms with E-state index < -0.39 is 23.4 Å². The SMILES string of the molecule is O=S1(=O)c2ccccc2N(CCF)CN1F. The van der Waals surface area contributed by atoms with Gasteiger partial charge in [0.1, 0.15) is 18.2 Å². The van der Waals surface area contributed by atoms with Crippen molar-refractivity contribution in [3.63, 3.8) is 0 Å². The first-order valence-electron chi connectivity index (χ1n) is 4.66. The Morgan fingerprint density at radius 3 is 2.69 bits per heavy atom. The van der Waals surface area contributed by atoms with Crippen molar-refractivity contribution in [2.75, 3.05) is 24.8 Å². The first-order valence-corrected chi connectivity index (χ1v) is 6.10. The summed E-state index contributed by atoms with van der Waals surface area (Å²) >= 11 is 0. The minimum atomic E-state index is -4.07. The molecule has 1 aromatic rings. The number of nitrogens with zero attached hydrogens (tertiary/aromatic N) is 2. The van der Waals surface area contributed by atoms with Crippen LogP contribution in [0, 0.1) is 0 Å². The number of halogens is 2. The van der Waals surface area contributed by atoms with E-state index in [1.807, 2.05) is 0 Å². The van der Waals surface area contributed by atoms with Crippen molar-refractivity contribution >= 4 is 15.7 Å². The van der Waals surface area contributed by atoms with Crippen molar-refractivity contribution in [2.24, 2.45) is 0 Å². The third-order valence-corrected chi connectivity index (χ3v) is 3.92. The highest BCUT2D eigenvalue weighted by atomic mass is 32.2. The largest absolute Gasteiger partial charge is 0.351 e. The Balaban J connectivity index is 2.54. The molecule has 0 N–H and O–H groups in total. The van der Waals surface area contributed by atoms with Crippen LogP contribution in [0.5, 0.6) is 0 Å². The summed E-state index contributed by atoms with van der Waals surface area (Å²) in [7, 11) is -4.07. The Labute approximate surface area is 92.1 Å². The quantitative estimate of drug-likeness (QED) is 0.741. The van der Waals surface area contributed by atoms with E-state index in [-0.39, 0.29) is 16.0 Å². The van der Waals surface area contributed by atoms with Gasteiger partial charge in [0.2, 0.25) is 0 Å². The average Bonchev–Trinajstić information content (AvgIpc) is 2.27. The Morgan fingerprint density at radius 1 is 1.31 bits per heavy atom. The summed E-state index contributed by atoms with van der Waals surface area (Å²) in [5.41, 5.74) is 0.342. The fraction of sp³-hybridized carbons (Fsp3) is 0.333. The monoisotopic (exact) mass is 248 g/mol. The first kappa shape index (κ1) is 11.3. The van der Waals surface area contributed by atoms with Crippen LogP contribution in [0.25, 0.3) is 0 Å². The summed E-state index contributed by atoms with van der Waals surface area (Å²) < 4.78 is 48.4. The molecule has 1 aromatic carbocycles. The molecule has 0 amide bonds. The second kappa shape index (κ2) is 3.99. The number of alkyl halides is 1. The lowest BCUT2D eigenvalue weighted by molar-refractivity contribution is 0.134. The minimum absolute atomic E-state index is 0.0348. The summed E-state index contributed by atoms with van der Waals surface area (Å²) in [6.45, 7) is -1.17. The Hall–Kier alpha value is -1.21. The van der Waals surface area contributed by atoms with Gasteiger partial charge >= 0.3 is 0 Å². The van der Waals surface area contributed by atoms with Gasteiger partial charge in [0.15, 0.2) is 0 Å². The second-order valence-electron chi connectivity index (χ2n) is 3.35. The molecule has 0 bridgehead atoms. The van der Waals surface area contributed by atoms with Gasteiger partial charge in [-0.2, -0.15) is 0 Å². The van der Waals surface area contributed by atoms with Gasteiger partial charge in [0.05, 0.1) is 5.69 Å². The Kier molecular flexibility index (Phi) is 2.81. The van der Waals surface area contributed by atoms with Crippen molar-refractivity contribution in [1.82, 2.24) is 4.53 Å². The van der Waals surface area contributed by atoms with Crippen LogP contribution in [0.3, 0.4) is 0 Å². The highest BCUT2D eigenvalue weighted by molar-refractivity contribution is 7.89. The smallest absolute Gasteiger partial charge is 0.272 e. The van der Waals surface area contributed by atoms with Gasteiger partial charge in [-0.25, -0.2) is 12.8 Å². The van der Waals surface area contributed by atoms with Gasteiger partial charge in [0, 0.05) is 6.54 Å². The van der Waals surface area contributed by atoms with Crippen LogP contribution >= 0.6 is 0 Å². The van der Waals surface area contributed by atoms with Crippen LogP contribution in [-0.4, -0.2) is 32.8 Å². The maximum Gasteiger partial charge on any atom is 0.272 e. The molecular weight excluding hydrogens is 238 g/mol. The molecule has 0 atom stereocenters. The molecule has 16 heavy (non-hydrogen) atoms. The maximum absolute atomic E-state index is 13.3. The average molecular weight is 248 g/mol. The molecule has 1 aliphatic rings. The topological polar surface area (TPSA) is 40.6 Å². The molecule has 2 rings (SSSR count). The number of hydrogen-bond donors (Lipinski definition) is 0. The van der Waals surface area contributed by atoms with Gasteiger partial charge in [-0.05, 0) is 16.7 Å². The highest BCUT2D eigenvalue weighted by Gasteiger charge is 2.35. The van der Waals surface area contributed by atoms with Crippen molar-refractivity contribution in [3.05, 3.63) is 24.3 Å². The molecule has 0 saturated carbocycles. The van der Waals surface area contributed by atoms with Gasteiger partial charge in [-0.3, -0.25) is 0 Å². The number of para-hydroxylation sites is 1. The van der Waals surface area contributed by atoms with E-state index >= 15 is 0 Å². The molecule has 7 heteroatoms. The summed E-state index contributed by atoms with van der Waals surface area (Å²) in [6.07, 6.45) is 0. The zero-order valence-corrected chi connectivity index (χ0v) is 9.12. The van der Waals surface area contributed by atoms with Crippen LogP contribution < -0.4 is 4.90 Å². The Morgan fingerprint density at radius 2 is 2.00 bits per heavy atom. The van der Waals surface area contributed by atoms with Crippen molar-refractivity contribution in [2.45, 2.75) is 4.90 Å². The van der Waals surface area contributed by atoms with Gasteiger partial charge in [-0.15, -0.1) is 4.48 Å². The number of sulfonamides is 1. The van der Waals surface area contributed by atoms with Crippen LogP contribution in [-0.2, 0) is 10.0 Å². The molecule has 0 saturated heterocycles. The normalized spacial score (nSPS) is 19.5. The van der Waals surface area contributed by atoms with E-state index in [9.17, 15) is 17.3 Å². The third kappa shape index (κ3) is 1.65. The lowest BCUT2D eigenvalue weighted by Gasteiger charge is -2.32. The van der Waals surface area contributed by atoms with Crippen LogP contribution in [0.15, 0.2) is 29.2 Å². The van der Waals surface area contributed by atoms with Gasteiger partial charge in [0.25, 0.3) is 10.0 Å². The summed E-state index contributed by atoms with van der Waals surface area (Å²) in [6, 6.07) is 5.98. The summed E-state index contributed by atoms with van der Waals surface area (Å²) in [4.78, 5) is 1.22. The third-order valence-electron chi connectivity index (χ3n) is 2.38. The fourth-order valence-corrected chi connectivity index (χ4v) is 2.84.